The minimum Gasteiger partial charge on any atom is -0.314 e. The molecule has 4 heteroatoms. The van der Waals surface area contributed by atoms with Gasteiger partial charge in [0, 0.05) is 23.3 Å². The third kappa shape index (κ3) is 2.31. The second-order valence-electron chi connectivity index (χ2n) is 4.33. The van der Waals surface area contributed by atoms with Crippen molar-refractivity contribution in [3.63, 3.8) is 0 Å². The smallest absolute Gasteiger partial charge is 0.250 e. The van der Waals surface area contributed by atoms with Crippen molar-refractivity contribution in [3.8, 4) is 0 Å². The van der Waals surface area contributed by atoms with Crippen molar-refractivity contribution in [3.05, 3.63) is 33.2 Å². The number of pyridine rings is 1. The predicted octanol–water partition coefficient (Wildman–Crippen LogP) is 2.71. The molecule has 0 unspecified atom stereocenters. The third-order valence-electron chi connectivity index (χ3n) is 3.20. The van der Waals surface area contributed by atoms with Crippen LogP contribution < -0.4 is 5.56 Å². The molecule has 1 aromatic heterocycles. The van der Waals surface area contributed by atoms with Crippen molar-refractivity contribution in [1.82, 2.24) is 4.57 Å². The van der Waals surface area contributed by atoms with Crippen LogP contribution in [0, 0.1) is 5.41 Å². The SMILES string of the molecule is O=c1ccc(Br)cn1CC1(CS)CCC1. The first-order valence-electron chi connectivity index (χ1n) is 5.12. The van der Waals surface area contributed by atoms with E-state index in [1.807, 2.05) is 6.20 Å². The van der Waals surface area contributed by atoms with Gasteiger partial charge >= 0.3 is 0 Å². The molecule has 0 atom stereocenters. The number of rotatable bonds is 3. The van der Waals surface area contributed by atoms with E-state index in [2.05, 4.69) is 28.6 Å². The molecule has 1 saturated carbocycles. The number of hydrogen-bond donors (Lipinski definition) is 1. The summed E-state index contributed by atoms with van der Waals surface area (Å²) < 4.78 is 2.75. The second-order valence-corrected chi connectivity index (χ2v) is 5.56. The first-order chi connectivity index (χ1) is 7.15. The van der Waals surface area contributed by atoms with Crippen LogP contribution in [0.1, 0.15) is 19.3 Å². The second kappa shape index (κ2) is 4.34. The van der Waals surface area contributed by atoms with Crippen LogP contribution in [0.4, 0.5) is 0 Å². The summed E-state index contributed by atoms with van der Waals surface area (Å²) in [5.74, 6) is 0.867. The van der Waals surface area contributed by atoms with Crippen molar-refractivity contribution in [2.45, 2.75) is 25.8 Å². The molecular formula is C11H14BrNOS. The lowest BCUT2D eigenvalue weighted by atomic mass is 9.70. The van der Waals surface area contributed by atoms with Crippen LogP contribution in [0.2, 0.25) is 0 Å². The first-order valence-corrected chi connectivity index (χ1v) is 6.55. The third-order valence-corrected chi connectivity index (χ3v) is 4.34. The zero-order chi connectivity index (χ0) is 10.9. The summed E-state index contributed by atoms with van der Waals surface area (Å²) in [4.78, 5) is 11.6. The number of nitrogens with zero attached hydrogens (tertiary/aromatic N) is 1. The van der Waals surface area contributed by atoms with Gasteiger partial charge < -0.3 is 4.57 Å². The number of halogens is 1. The monoisotopic (exact) mass is 287 g/mol. The fourth-order valence-electron chi connectivity index (χ4n) is 2.03. The van der Waals surface area contributed by atoms with Crippen LogP contribution in [0.25, 0.3) is 0 Å². The fourth-order valence-corrected chi connectivity index (χ4v) is 2.83. The fraction of sp³-hybridized carbons (Fsp3) is 0.545. The van der Waals surface area contributed by atoms with Crippen molar-refractivity contribution < 1.29 is 0 Å². The van der Waals surface area contributed by atoms with E-state index < -0.39 is 0 Å². The van der Waals surface area contributed by atoms with Gasteiger partial charge in [-0.05, 0) is 46.0 Å². The van der Waals surface area contributed by atoms with E-state index in [0.717, 1.165) is 16.8 Å². The van der Waals surface area contributed by atoms with Crippen LogP contribution in [0.15, 0.2) is 27.6 Å². The molecule has 1 aliphatic rings. The average molecular weight is 288 g/mol. The molecule has 1 heterocycles. The van der Waals surface area contributed by atoms with E-state index in [0.29, 0.717) is 0 Å². The maximum Gasteiger partial charge on any atom is 0.250 e. The largest absolute Gasteiger partial charge is 0.314 e. The van der Waals surface area contributed by atoms with Crippen molar-refractivity contribution in [2.75, 3.05) is 5.75 Å². The van der Waals surface area contributed by atoms with Gasteiger partial charge in [0.25, 0.3) is 5.56 Å². The Bertz CT molecular complexity index is 406. The Balaban J connectivity index is 2.23. The molecule has 0 bridgehead atoms. The molecule has 2 rings (SSSR count). The number of aromatic nitrogens is 1. The first kappa shape index (κ1) is 11.3. The Labute approximate surface area is 103 Å². The van der Waals surface area contributed by atoms with Crippen LogP contribution in [0.3, 0.4) is 0 Å². The van der Waals surface area contributed by atoms with Gasteiger partial charge in [-0.25, -0.2) is 0 Å². The molecule has 0 N–H and O–H groups in total. The summed E-state index contributed by atoms with van der Waals surface area (Å²) in [6.45, 7) is 0.800. The molecule has 0 aromatic carbocycles. The van der Waals surface area contributed by atoms with Crippen LogP contribution >= 0.6 is 28.6 Å². The molecular weight excluding hydrogens is 274 g/mol. The van der Waals surface area contributed by atoms with Gasteiger partial charge in [-0.1, -0.05) is 6.42 Å². The lowest BCUT2D eigenvalue weighted by Gasteiger charge is -2.41. The van der Waals surface area contributed by atoms with Gasteiger partial charge in [-0.3, -0.25) is 4.79 Å². The average Bonchev–Trinajstić information content (AvgIpc) is 2.17. The summed E-state index contributed by atoms with van der Waals surface area (Å²) in [6.07, 6.45) is 5.51. The van der Waals surface area contributed by atoms with Gasteiger partial charge in [0.05, 0.1) is 0 Å². The van der Waals surface area contributed by atoms with E-state index in [1.54, 1.807) is 16.7 Å². The molecule has 0 radical (unpaired) electrons. The normalized spacial score (nSPS) is 18.5. The van der Waals surface area contributed by atoms with Gasteiger partial charge in [0.1, 0.15) is 0 Å². The van der Waals surface area contributed by atoms with E-state index in [9.17, 15) is 4.79 Å². The molecule has 15 heavy (non-hydrogen) atoms. The number of thiol groups is 1. The molecule has 1 aliphatic carbocycles. The summed E-state index contributed by atoms with van der Waals surface area (Å²) in [5.41, 5.74) is 0.333. The Hall–Kier alpha value is -0.220. The molecule has 0 saturated heterocycles. The summed E-state index contributed by atoms with van der Waals surface area (Å²) >= 11 is 7.78. The van der Waals surface area contributed by atoms with Gasteiger partial charge in [-0.15, -0.1) is 0 Å². The van der Waals surface area contributed by atoms with Crippen LogP contribution in [-0.2, 0) is 6.54 Å². The summed E-state index contributed by atoms with van der Waals surface area (Å²) in [6, 6.07) is 3.39. The van der Waals surface area contributed by atoms with E-state index in [4.69, 9.17) is 0 Å². The van der Waals surface area contributed by atoms with Crippen molar-refractivity contribution >= 4 is 28.6 Å². The Kier molecular flexibility index (Phi) is 3.26. The Morgan fingerprint density at radius 3 is 2.73 bits per heavy atom. The van der Waals surface area contributed by atoms with Crippen LogP contribution in [-0.4, -0.2) is 10.3 Å². The van der Waals surface area contributed by atoms with Crippen LogP contribution in [0.5, 0.6) is 0 Å². The van der Waals surface area contributed by atoms with Crippen molar-refractivity contribution in [1.29, 1.82) is 0 Å². The van der Waals surface area contributed by atoms with Gasteiger partial charge in [0.2, 0.25) is 0 Å². The van der Waals surface area contributed by atoms with E-state index in [1.165, 1.54) is 19.3 Å². The lowest BCUT2D eigenvalue weighted by Crippen LogP contribution is -2.38. The minimum absolute atomic E-state index is 0.0752. The van der Waals surface area contributed by atoms with Crippen molar-refractivity contribution in [2.24, 2.45) is 5.41 Å². The lowest BCUT2D eigenvalue weighted by molar-refractivity contribution is 0.137. The molecule has 1 aromatic rings. The Morgan fingerprint density at radius 1 is 1.47 bits per heavy atom. The zero-order valence-electron chi connectivity index (χ0n) is 8.45. The summed E-state index contributed by atoms with van der Waals surface area (Å²) in [7, 11) is 0. The molecule has 0 aliphatic heterocycles. The van der Waals surface area contributed by atoms with E-state index >= 15 is 0 Å². The molecule has 82 valence electrons. The molecule has 0 spiro atoms. The standard InChI is InChI=1S/C11H14BrNOS/c12-9-2-3-10(14)13(6-9)7-11(8-15)4-1-5-11/h2-3,6,15H,1,4-5,7-8H2. The quantitative estimate of drug-likeness (QED) is 0.849. The highest BCUT2D eigenvalue weighted by atomic mass is 79.9. The highest BCUT2D eigenvalue weighted by Gasteiger charge is 2.36. The molecule has 0 amide bonds. The maximum absolute atomic E-state index is 11.6. The van der Waals surface area contributed by atoms with E-state index in [-0.39, 0.29) is 11.0 Å². The summed E-state index contributed by atoms with van der Waals surface area (Å²) in [5, 5.41) is 0. The maximum atomic E-state index is 11.6. The zero-order valence-corrected chi connectivity index (χ0v) is 10.9. The Morgan fingerprint density at radius 2 is 2.20 bits per heavy atom. The van der Waals surface area contributed by atoms with Gasteiger partial charge in [0.15, 0.2) is 0 Å². The van der Waals surface area contributed by atoms with Gasteiger partial charge in [-0.2, -0.15) is 12.6 Å². The highest BCUT2D eigenvalue weighted by molar-refractivity contribution is 9.10. The minimum atomic E-state index is 0.0752. The predicted molar refractivity (Wildman–Crippen MR) is 68.5 cm³/mol. The molecule has 2 nitrogen and oxygen atoms in total. The highest BCUT2D eigenvalue weighted by Crippen LogP contribution is 2.42. The topological polar surface area (TPSA) is 22.0 Å². The molecule has 1 fully saturated rings. The number of hydrogen-bond acceptors (Lipinski definition) is 2.